The minimum absolute atomic E-state index is 0.711. The lowest BCUT2D eigenvalue weighted by atomic mass is 10.2. The van der Waals surface area contributed by atoms with E-state index in [1.54, 1.807) is 0 Å². The smallest absolute Gasteiger partial charge is 0.108 e. The molecule has 0 bridgehead atoms. The molecule has 1 N–H and O–H groups in total. The van der Waals surface area contributed by atoms with Crippen molar-refractivity contribution in [3.8, 4) is 0 Å². The van der Waals surface area contributed by atoms with E-state index in [1.807, 2.05) is 11.3 Å². The second-order valence-corrected chi connectivity index (χ2v) is 7.14. The summed E-state index contributed by atoms with van der Waals surface area (Å²) in [6.45, 7) is 3.42. The number of para-hydroxylation sites is 1. The third-order valence-electron chi connectivity index (χ3n) is 4.40. The Labute approximate surface area is 124 Å². The van der Waals surface area contributed by atoms with Crippen molar-refractivity contribution in [2.24, 2.45) is 0 Å². The molecule has 2 fully saturated rings. The second-order valence-electron chi connectivity index (χ2n) is 6.02. The molecule has 1 saturated carbocycles. The van der Waals surface area contributed by atoms with Crippen LogP contribution in [0.15, 0.2) is 24.3 Å². The van der Waals surface area contributed by atoms with E-state index in [0.717, 1.165) is 24.6 Å². The maximum absolute atomic E-state index is 4.77. The van der Waals surface area contributed by atoms with E-state index in [2.05, 4.69) is 34.5 Å². The number of likely N-dealkylation sites (tertiary alicyclic amines) is 1. The van der Waals surface area contributed by atoms with Crippen molar-refractivity contribution >= 4 is 21.6 Å². The van der Waals surface area contributed by atoms with Crippen molar-refractivity contribution in [3.63, 3.8) is 0 Å². The summed E-state index contributed by atoms with van der Waals surface area (Å²) in [5, 5.41) is 4.95. The number of hydrogen-bond acceptors (Lipinski definition) is 4. The summed E-state index contributed by atoms with van der Waals surface area (Å²) >= 11 is 1.85. The average Bonchev–Trinajstić information content (AvgIpc) is 3.04. The normalized spacial score (nSPS) is 23.7. The first kappa shape index (κ1) is 12.7. The number of rotatable bonds is 5. The predicted molar refractivity (Wildman–Crippen MR) is 84.1 cm³/mol. The van der Waals surface area contributed by atoms with Crippen LogP contribution in [0.5, 0.6) is 0 Å². The largest absolute Gasteiger partial charge is 0.312 e. The Morgan fingerprint density at radius 2 is 2.15 bits per heavy atom. The first-order chi connectivity index (χ1) is 9.88. The van der Waals surface area contributed by atoms with Gasteiger partial charge in [-0.05, 0) is 44.4 Å². The minimum atomic E-state index is 0.711. The molecule has 0 spiro atoms. The fraction of sp³-hybridized carbons (Fsp3) is 0.562. The third kappa shape index (κ3) is 2.73. The highest BCUT2D eigenvalue weighted by molar-refractivity contribution is 7.18. The Bertz CT molecular complexity index is 557. The molecule has 4 rings (SSSR count). The van der Waals surface area contributed by atoms with Crippen LogP contribution in [0.25, 0.3) is 10.2 Å². The molecule has 2 aromatic rings. The summed E-state index contributed by atoms with van der Waals surface area (Å²) in [5.74, 6) is 0. The first-order valence-electron chi connectivity index (χ1n) is 7.70. The monoisotopic (exact) mass is 287 g/mol. The van der Waals surface area contributed by atoms with Gasteiger partial charge in [-0.25, -0.2) is 4.98 Å². The topological polar surface area (TPSA) is 28.2 Å². The van der Waals surface area contributed by atoms with Gasteiger partial charge in [0, 0.05) is 18.6 Å². The molecule has 1 aliphatic heterocycles. The van der Waals surface area contributed by atoms with Crippen molar-refractivity contribution in [3.05, 3.63) is 29.3 Å². The van der Waals surface area contributed by atoms with Gasteiger partial charge in [-0.3, -0.25) is 4.90 Å². The lowest BCUT2D eigenvalue weighted by Crippen LogP contribution is -2.38. The fourth-order valence-electron chi connectivity index (χ4n) is 3.09. The van der Waals surface area contributed by atoms with Gasteiger partial charge in [0.15, 0.2) is 0 Å². The molecule has 20 heavy (non-hydrogen) atoms. The van der Waals surface area contributed by atoms with Gasteiger partial charge in [0.2, 0.25) is 0 Å². The molecule has 0 amide bonds. The van der Waals surface area contributed by atoms with Crippen LogP contribution in [0.1, 0.15) is 30.7 Å². The lowest BCUT2D eigenvalue weighted by molar-refractivity contribution is 0.238. The van der Waals surface area contributed by atoms with Gasteiger partial charge in [0.1, 0.15) is 5.01 Å². The molecule has 106 valence electrons. The number of fused-ring (bicyclic) bond motifs is 1. The van der Waals surface area contributed by atoms with E-state index in [-0.39, 0.29) is 0 Å². The highest BCUT2D eigenvalue weighted by Gasteiger charge is 2.28. The van der Waals surface area contributed by atoms with Crippen LogP contribution < -0.4 is 5.32 Å². The first-order valence-corrected chi connectivity index (χ1v) is 8.52. The summed E-state index contributed by atoms with van der Waals surface area (Å²) < 4.78 is 1.31. The zero-order valence-electron chi connectivity index (χ0n) is 11.7. The van der Waals surface area contributed by atoms with Gasteiger partial charge in [-0.15, -0.1) is 11.3 Å². The van der Waals surface area contributed by atoms with Crippen LogP contribution in [-0.4, -0.2) is 35.1 Å². The van der Waals surface area contributed by atoms with E-state index in [0.29, 0.717) is 6.04 Å². The Morgan fingerprint density at radius 1 is 1.25 bits per heavy atom. The molecule has 3 nitrogen and oxygen atoms in total. The van der Waals surface area contributed by atoms with Gasteiger partial charge < -0.3 is 5.32 Å². The van der Waals surface area contributed by atoms with Crippen LogP contribution >= 0.6 is 11.3 Å². The Balaban J connectivity index is 1.43. The maximum atomic E-state index is 4.77. The van der Waals surface area contributed by atoms with Crippen LogP contribution in [-0.2, 0) is 6.54 Å². The van der Waals surface area contributed by atoms with Crippen molar-refractivity contribution in [2.75, 3.05) is 13.1 Å². The highest BCUT2D eigenvalue weighted by Crippen LogP contribution is 2.26. The van der Waals surface area contributed by atoms with Gasteiger partial charge in [0.05, 0.1) is 16.8 Å². The predicted octanol–water partition coefficient (Wildman–Crippen LogP) is 3.01. The van der Waals surface area contributed by atoms with Crippen molar-refractivity contribution < 1.29 is 0 Å². The molecular weight excluding hydrogens is 266 g/mol. The van der Waals surface area contributed by atoms with Crippen LogP contribution in [0.4, 0.5) is 0 Å². The number of nitrogens with one attached hydrogen (secondary N) is 1. The molecule has 0 radical (unpaired) electrons. The second kappa shape index (κ2) is 5.43. The molecule has 2 aliphatic rings. The Hall–Kier alpha value is -0.970. The standard InChI is InChI=1S/C16H21N3S/c1-2-6-15-14(5-1)18-16(20-15)11-19-9-3-4-13(19)10-17-12-7-8-12/h1-2,5-6,12-13,17H,3-4,7-11H2. The number of aromatic nitrogens is 1. The van der Waals surface area contributed by atoms with Crippen molar-refractivity contribution in [2.45, 2.75) is 44.3 Å². The SMILES string of the molecule is c1ccc2sc(CN3CCCC3CNC3CC3)nc2c1. The van der Waals surface area contributed by atoms with E-state index in [1.165, 1.54) is 41.9 Å². The molecule has 1 aliphatic carbocycles. The Kier molecular flexibility index (Phi) is 3.46. The molecule has 1 aromatic heterocycles. The summed E-state index contributed by atoms with van der Waals surface area (Å²) in [4.78, 5) is 7.39. The van der Waals surface area contributed by atoms with Crippen molar-refractivity contribution in [1.29, 1.82) is 0 Å². The van der Waals surface area contributed by atoms with Crippen LogP contribution in [0.2, 0.25) is 0 Å². The molecule has 1 saturated heterocycles. The molecule has 4 heteroatoms. The van der Waals surface area contributed by atoms with Crippen molar-refractivity contribution in [1.82, 2.24) is 15.2 Å². The van der Waals surface area contributed by atoms with E-state index < -0.39 is 0 Å². The summed E-state index contributed by atoms with van der Waals surface area (Å²) in [5.41, 5.74) is 1.15. The van der Waals surface area contributed by atoms with Gasteiger partial charge in [-0.2, -0.15) is 0 Å². The molecule has 2 heterocycles. The summed E-state index contributed by atoms with van der Waals surface area (Å²) in [6.07, 6.45) is 5.43. The quantitative estimate of drug-likeness (QED) is 0.916. The lowest BCUT2D eigenvalue weighted by Gasteiger charge is -2.23. The van der Waals surface area contributed by atoms with Crippen LogP contribution in [0, 0.1) is 0 Å². The number of hydrogen-bond donors (Lipinski definition) is 1. The van der Waals surface area contributed by atoms with E-state index >= 15 is 0 Å². The zero-order chi connectivity index (χ0) is 13.4. The highest BCUT2D eigenvalue weighted by atomic mass is 32.1. The Morgan fingerprint density at radius 3 is 3.00 bits per heavy atom. The minimum Gasteiger partial charge on any atom is -0.312 e. The van der Waals surface area contributed by atoms with Gasteiger partial charge >= 0.3 is 0 Å². The molecule has 1 aromatic carbocycles. The summed E-state index contributed by atoms with van der Waals surface area (Å²) in [6, 6.07) is 9.99. The molecule has 1 atom stereocenters. The molecule has 1 unspecified atom stereocenters. The fourth-order valence-corrected chi connectivity index (χ4v) is 4.08. The van der Waals surface area contributed by atoms with E-state index in [9.17, 15) is 0 Å². The number of nitrogens with zero attached hydrogens (tertiary/aromatic N) is 2. The number of benzene rings is 1. The summed E-state index contributed by atoms with van der Waals surface area (Å²) in [7, 11) is 0. The third-order valence-corrected chi connectivity index (χ3v) is 5.42. The number of thiazole rings is 1. The molecular formula is C16H21N3S. The van der Waals surface area contributed by atoms with Gasteiger partial charge in [-0.1, -0.05) is 12.1 Å². The van der Waals surface area contributed by atoms with Gasteiger partial charge in [0.25, 0.3) is 0 Å². The van der Waals surface area contributed by atoms with E-state index in [4.69, 9.17) is 4.98 Å². The van der Waals surface area contributed by atoms with Crippen LogP contribution in [0.3, 0.4) is 0 Å². The maximum Gasteiger partial charge on any atom is 0.108 e. The average molecular weight is 287 g/mol. The zero-order valence-corrected chi connectivity index (χ0v) is 12.5.